The Bertz CT molecular complexity index is 331. The lowest BCUT2D eigenvalue weighted by Gasteiger charge is -2.10. The van der Waals surface area contributed by atoms with Gasteiger partial charge in [-0.2, -0.15) is 13.2 Å². The van der Waals surface area contributed by atoms with E-state index in [-0.39, 0.29) is 15.6 Å². The van der Waals surface area contributed by atoms with Crippen molar-refractivity contribution in [3.05, 3.63) is 33.3 Å². The Morgan fingerprint density at radius 3 is 2.31 bits per heavy atom. The average Bonchev–Trinajstić information content (AvgIpc) is 1.98. The Morgan fingerprint density at radius 1 is 1.31 bits per heavy atom. The molecule has 0 aliphatic carbocycles. The molecule has 0 N–H and O–H groups in total. The van der Waals surface area contributed by atoms with Crippen LogP contribution in [-0.4, -0.2) is 0 Å². The van der Waals surface area contributed by atoms with E-state index in [4.69, 9.17) is 23.2 Å². The maximum Gasteiger partial charge on any atom is 0.418 e. The zero-order valence-corrected chi connectivity index (χ0v) is 7.98. The van der Waals surface area contributed by atoms with E-state index < -0.39 is 11.7 Å². The molecule has 5 heteroatoms. The maximum absolute atomic E-state index is 12.2. The molecule has 0 aliphatic heterocycles. The molecule has 0 spiro atoms. The molecule has 0 nitrogen and oxygen atoms in total. The first kappa shape index (κ1) is 10.7. The fraction of sp³-hybridized carbons (Fsp3) is 0.250. The minimum absolute atomic E-state index is 0.179. The van der Waals surface area contributed by atoms with Crippen LogP contribution in [0.25, 0.3) is 0 Å². The van der Waals surface area contributed by atoms with Crippen LogP contribution >= 0.6 is 23.2 Å². The molecule has 0 bridgehead atoms. The second-order valence-electron chi connectivity index (χ2n) is 2.45. The molecule has 1 rings (SSSR count). The molecule has 0 unspecified atom stereocenters. The van der Waals surface area contributed by atoms with E-state index in [2.05, 4.69) is 0 Å². The molecule has 0 saturated heterocycles. The van der Waals surface area contributed by atoms with Gasteiger partial charge in [-0.05, 0) is 24.6 Å². The number of alkyl halides is 3. The van der Waals surface area contributed by atoms with Gasteiger partial charge in [0.2, 0.25) is 0 Å². The van der Waals surface area contributed by atoms with Crippen molar-refractivity contribution in [2.24, 2.45) is 0 Å². The lowest BCUT2D eigenvalue weighted by atomic mass is 10.1. The SMILES string of the molecule is Cc1c(Cl)c[c]c(C(F)(F)F)c1Cl. The van der Waals surface area contributed by atoms with Crippen LogP contribution in [0.4, 0.5) is 13.2 Å². The first-order valence-electron chi connectivity index (χ1n) is 3.27. The monoisotopic (exact) mass is 227 g/mol. The third-order valence-electron chi connectivity index (χ3n) is 1.53. The van der Waals surface area contributed by atoms with Gasteiger partial charge in [-0.15, -0.1) is 0 Å². The Labute approximate surface area is 83.3 Å². The van der Waals surface area contributed by atoms with Gasteiger partial charge in [0.05, 0.1) is 10.6 Å². The van der Waals surface area contributed by atoms with E-state index >= 15 is 0 Å². The molecule has 13 heavy (non-hydrogen) atoms. The van der Waals surface area contributed by atoms with Crippen LogP contribution in [0, 0.1) is 13.0 Å². The van der Waals surface area contributed by atoms with Gasteiger partial charge in [-0.25, -0.2) is 0 Å². The van der Waals surface area contributed by atoms with Crippen molar-refractivity contribution in [1.82, 2.24) is 0 Å². The summed E-state index contributed by atoms with van der Waals surface area (Å²) in [5, 5.41) is -0.210. The van der Waals surface area contributed by atoms with Gasteiger partial charge in [0, 0.05) is 5.02 Å². The van der Waals surface area contributed by atoms with Gasteiger partial charge in [-0.1, -0.05) is 23.2 Å². The van der Waals surface area contributed by atoms with Crippen molar-refractivity contribution in [3.63, 3.8) is 0 Å². The van der Waals surface area contributed by atoms with E-state index in [0.717, 1.165) is 6.07 Å². The number of rotatable bonds is 0. The standard InChI is InChI=1S/C8H4Cl2F3/c1-4-6(9)3-2-5(7(4)10)8(11,12)13/h3H,1H3. The second-order valence-corrected chi connectivity index (χ2v) is 3.23. The van der Waals surface area contributed by atoms with Gasteiger partial charge in [-0.3, -0.25) is 0 Å². The van der Waals surface area contributed by atoms with Crippen molar-refractivity contribution in [2.75, 3.05) is 0 Å². The third-order valence-corrected chi connectivity index (χ3v) is 2.40. The molecule has 1 aromatic rings. The lowest BCUT2D eigenvalue weighted by Crippen LogP contribution is -2.06. The highest BCUT2D eigenvalue weighted by molar-refractivity contribution is 6.36. The fourth-order valence-corrected chi connectivity index (χ4v) is 1.27. The minimum atomic E-state index is -4.48. The quantitative estimate of drug-likeness (QED) is 0.626. The van der Waals surface area contributed by atoms with Crippen LogP contribution in [0.5, 0.6) is 0 Å². The Hall–Kier alpha value is -0.410. The summed E-state index contributed by atoms with van der Waals surface area (Å²) < 4.78 is 36.6. The van der Waals surface area contributed by atoms with Gasteiger partial charge >= 0.3 is 6.18 Å². The van der Waals surface area contributed by atoms with Crippen LogP contribution < -0.4 is 0 Å². The van der Waals surface area contributed by atoms with Crippen LogP contribution in [-0.2, 0) is 6.18 Å². The number of hydrogen-bond donors (Lipinski definition) is 0. The molecule has 0 aromatic heterocycles. The smallest absolute Gasteiger partial charge is 0.166 e. The molecule has 0 amide bonds. The molecule has 1 radical (unpaired) electrons. The number of halogens is 5. The Morgan fingerprint density at radius 2 is 1.85 bits per heavy atom. The van der Waals surface area contributed by atoms with Crippen molar-refractivity contribution in [3.8, 4) is 0 Å². The summed E-state index contributed by atoms with van der Waals surface area (Å²) in [4.78, 5) is 0. The first-order valence-corrected chi connectivity index (χ1v) is 4.03. The van der Waals surface area contributed by atoms with Gasteiger partial charge in [0.15, 0.2) is 0 Å². The molecule has 0 heterocycles. The normalized spacial score (nSPS) is 11.8. The molecule has 0 fully saturated rings. The van der Waals surface area contributed by atoms with Crippen molar-refractivity contribution in [1.29, 1.82) is 0 Å². The van der Waals surface area contributed by atoms with Crippen LogP contribution in [0.15, 0.2) is 6.07 Å². The Balaban J connectivity index is 3.35. The zero-order chi connectivity index (χ0) is 10.2. The molecule has 0 atom stereocenters. The first-order chi connectivity index (χ1) is 5.84. The maximum atomic E-state index is 12.2. The van der Waals surface area contributed by atoms with E-state index in [1.54, 1.807) is 0 Å². The summed E-state index contributed by atoms with van der Waals surface area (Å²) in [6, 6.07) is 3.06. The highest BCUT2D eigenvalue weighted by atomic mass is 35.5. The molecule has 1 aromatic carbocycles. The summed E-state index contributed by atoms with van der Waals surface area (Å²) in [5.74, 6) is 0. The van der Waals surface area contributed by atoms with Crippen LogP contribution in [0.3, 0.4) is 0 Å². The molecule has 71 valence electrons. The van der Waals surface area contributed by atoms with E-state index in [1.807, 2.05) is 6.07 Å². The summed E-state index contributed by atoms with van der Waals surface area (Å²) in [5.41, 5.74) is -0.759. The lowest BCUT2D eigenvalue weighted by molar-refractivity contribution is -0.137. The molecular formula is C8H4Cl2F3. The predicted octanol–water partition coefficient (Wildman–Crippen LogP) is 4.12. The highest BCUT2D eigenvalue weighted by Gasteiger charge is 2.34. The average molecular weight is 228 g/mol. The van der Waals surface area contributed by atoms with Crippen molar-refractivity contribution in [2.45, 2.75) is 13.1 Å². The van der Waals surface area contributed by atoms with E-state index in [9.17, 15) is 13.2 Å². The van der Waals surface area contributed by atoms with E-state index in [0.29, 0.717) is 0 Å². The predicted molar refractivity (Wildman–Crippen MR) is 45.0 cm³/mol. The minimum Gasteiger partial charge on any atom is -0.166 e. The molecule has 0 aliphatic rings. The molecular weight excluding hydrogens is 224 g/mol. The van der Waals surface area contributed by atoms with Crippen LogP contribution in [0.2, 0.25) is 10.0 Å². The highest BCUT2D eigenvalue weighted by Crippen LogP contribution is 2.37. The Kier molecular flexibility index (Phi) is 2.78. The summed E-state index contributed by atoms with van der Waals surface area (Å²) in [7, 11) is 0. The van der Waals surface area contributed by atoms with Crippen LogP contribution in [0.1, 0.15) is 11.1 Å². The number of benzene rings is 1. The summed E-state index contributed by atoms with van der Waals surface area (Å²) in [6.07, 6.45) is -4.48. The van der Waals surface area contributed by atoms with Crippen molar-refractivity contribution < 1.29 is 13.2 Å². The van der Waals surface area contributed by atoms with Gasteiger partial charge in [0.1, 0.15) is 0 Å². The van der Waals surface area contributed by atoms with Crippen molar-refractivity contribution >= 4 is 23.2 Å². The topological polar surface area (TPSA) is 0 Å². The van der Waals surface area contributed by atoms with Gasteiger partial charge in [0.25, 0.3) is 0 Å². The molecule has 0 saturated carbocycles. The number of hydrogen-bond acceptors (Lipinski definition) is 0. The summed E-state index contributed by atoms with van der Waals surface area (Å²) in [6.45, 7) is 1.42. The largest absolute Gasteiger partial charge is 0.418 e. The zero-order valence-electron chi connectivity index (χ0n) is 6.47. The van der Waals surface area contributed by atoms with Gasteiger partial charge < -0.3 is 0 Å². The third kappa shape index (κ3) is 2.09. The summed E-state index contributed by atoms with van der Waals surface area (Å²) >= 11 is 11.0. The van der Waals surface area contributed by atoms with E-state index in [1.165, 1.54) is 6.92 Å². The second kappa shape index (κ2) is 3.39. The fourth-order valence-electron chi connectivity index (χ4n) is 0.806.